The molecule has 2 atom stereocenters. The van der Waals surface area contributed by atoms with Gasteiger partial charge in [-0.25, -0.2) is 0 Å². The number of nitrogens with zero attached hydrogens (tertiary/aromatic N) is 1. The van der Waals surface area contributed by atoms with Crippen molar-refractivity contribution in [3.05, 3.63) is 52.4 Å². The molecule has 0 saturated carbocycles. The molecule has 0 spiro atoms. The first-order valence-electron chi connectivity index (χ1n) is 8.28. The van der Waals surface area contributed by atoms with Gasteiger partial charge < -0.3 is 20.0 Å². The minimum Gasteiger partial charge on any atom is -0.459 e. The molecule has 3 amide bonds. The molecule has 26 heavy (non-hydrogen) atoms. The monoisotopic (exact) mass is 417 g/mol. The van der Waals surface area contributed by atoms with Crippen molar-refractivity contribution in [2.45, 2.75) is 24.9 Å². The Labute approximate surface area is 157 Å². The zero-order chi connectivity index (χ0) is 18.3. The standard InChI is InChI=1S/C18H16BrN3O4/c19-10-3-4-13-12(8-10)18(25)22-6-5-11(9-14(22)16(23)21-13)20-17(24)15-2-1-7-26-15/h1-4,7-8,11,14H,5-6,9H2,(H,20,24)(H,21,23). The summed E-state index contributed by atoms with van der Waals surface area (Å²) < 4.78 is 5.87. The minimum atomic E-state index is -0.621. The molecular weight excluding hydrogens is 402 g/mol. The first kappa shape index (κ1) is 16.8. The molecule has 7 nitrogen and oxygen atoms in total. The summed E-state index contributed by atoms with van der Waals surface area (Å²) in [5, 5.41) is 5.71. The number of halogens is 1. The van der Waals surface area contributed by atoms with Crippen LogP contribution in [0.3, 0.4) is 0 Å². The van der Waals surface area contributed by atoms with Gasteiger partial charge in [0.1, 0.15) is 6.04 Å². The third-order valence-corrected chi connectivity index (χ3v) is 5.21. The van der Waals surface area contributed by atoms with Gasteiger partial charge in [-0.15, -0.1) is 0 Å². The van der Waals surface area contributed by atoms with Crippen LogP contribution in [0.4, 0.5) is 5.69 Å². The molecule has 1 aromatic carbocycles. The molecule has 0 aliphatic carbocycles. The molecule has 1 fully saturated rings. The van der Waals surface area contributed by atoms with Gasteiger partial charge in [-0.2, -0.15) is 0 Å². The van der Waals surface area contributed by atoms with Crippen LogP contribution >= 0.6 is 15.9 Å². The lowest BCUT2D eigenvalue weighted by Crippen LogP contribution is -2.55. The van der Waals surface area contributed by atoms with Gasteiger partial charge in [0.25, 0.3) is 11.8 Å². The smallest absolute Gasteiger partial charge is 0.287 e. The number of benzene rings is 1. The Morgan fingerprint density at radius 1 is 1.31 bits per heavy atom. The van der Waals surface area contributed by atoms with Crippen LogP contribution in [-0.2, 0) is 4.79 Å². The second-order valence-corrected chi connectivity index (χ2v) is 7.28. The number of hydrogen-bond donors (Lipinski definition) is 2. The van der Waals surface area contributed by atoms with E-state index in [0.717, 1.165) is 4.47 Å². The van der Waals surface area contributed by atoms with E-state index in [1.807, 2.05) is 0 Å². The summed E-state index contributed by atoms with van der Waals surface area (Å²) in [6.07, 6.45) is 2.37. The number of amides is 3. The molecule has 134 valence electrons. The quantitative estimate of drug-likeness (QED) is 0.784. The normalized spacial score (nSPS) is 22.1. The molecule has 2 aliphatic rings. The minimum absolute atomic E-state index is 0.180. The largest absolute Gasteiger partial charge is 0.459 e. The second-order valence-electron chi connectivity index (χ2n) is 6.37. The Morgan fingerprint density at radius 2 is 2.15 bits per heavy atom. The van der Waals surface area contributed by atoms with Crippen molar-refractivity contribution in [3.63, 3.8) is 0 Å². The fourth-order valence-corrected chi connectivity index (χ4v) is 3.79. The number of furan rings is 1. The van der Waals surface area contributed by atoms with Crippen molar-refractivity contribution in [1.29, 1.82) is 0 Å². The van der Waals surface area contributed by atoms with Crippen LogP contribution in [0.5, 0.6) is 0 Å². The lowest BCUT2D eigenvalue weighted by molar-refractivity contribution is -0.121. The summed E-state index contributed by atoms with van der Waals surface area (Å²) in [5.74, 6) is -0.510. The fraction of sp³-hybridized carbons (Fsp3) is 0.278. The highest BCUT2D eigenvalue weighted by atomic mass is 79.9. The molecule has 2 unspecified atom stereocenters. The first-order chi connectivity index (χ1) is 12.5. The highest BCUT2D eigenvalue weighted by molar-refractivity contribution is 9.10. The van der Waals surface area contributed by atoms with Gasteiger partial charge in [-0.1, -0.05) is 15.9 Å². The maximum atomic E-state index is 12.9. The number of rotatable bonds is 2. The van der Waals surface area contributed by atoms with Crippen LogP contribution in [0.25, 0.3) is 0 Å². The predicted octanol–water partition coefficient (Wildman–Crippen LogP) is 2.40. The molecule has 1 saturated heterocycles. The van der Waals surface area contributed by atoms with Crippen LogP contribution in [0.1, 0.15) is 33.8 Å². The van der Waals surface area contributed by atoms with Crippen molar-refractivity contribution in [3.8, 4) is 0 Å². The highest BCUT2D eigenvalue weighted by Gasteiger charge is 2.40. The molecular formula is C18H16BrN3O4. The van der Waals surface area contributed by atoms with Crippen molar-refractivity contribution >= 4 is 39.3 Å². The summed E-state index contributed by atoms with van der Waals surface area (Å²) >= 11 is 3.36. The van der Waals surface area contributed by atoms with Crippen LogP contribution in [0.15, 0.2) is 45.5 Å². The van der Waals surface area contributed by atoms with Crippen LogP contribution in [-0.4, -0.2) is 41.2 Å². The van der Waals surface area contributed by atoms with Gasteiger partial charge in [0.2, 0.25) is 5.91 Å². The summed E-state index contributed by atoms with van der Waals surface area (Å²) in [6, 6.07) is 7.60. The van der Waals surface area contributed by atoms with Crippen molar-refractivity contribution in [1.82, 2.24) is 10.2 Å². The molecule has 0 bridgehead atoms. The van der Waals surface area contributed by atoms with Gasteiger partial charge in [0.15, 0.2) is 5.76 Å². The molecule has 4 rings (SSSR count). The zero-order valence-electron chi connectivity index (χ0n) is 13.7. The summed E-state index contributed by atoms with van der Waals surface area (Å²) in [4.78, 5) is 39.3. The Morgan fingerprint density at radius 3 is 2.92 bits per heavy atom. The fourth-order valence-electron chi connectivity index (χ4n) is 3.43. The Balaban J connectivity index is 1.54. The number of hydrogen-bond acceptors (Lipinski definition) is 4. The number of fused-ring (bicyclic) bond motifs is 2. The van der Waals surface area contributed by atoms with Gasteiger partial charge in [0, 0.05) is 17.1 Å². The summed E-state index contributed by atoms with van der Waals surface area (Å²) in [6.45, 7) is 0.395. The molecule has 8 heteroatoms. The van der Waals surface area contributed by atoms with E-state index in [1.165, 1.54) is 6.26 Å². The lowest BCUT2D eigenvalue weighted by atomic mass is 9.96. The van der Waals surface area contributed by atoms with Gasteiger partial charge in [-0.05, 0) is 43.2 Å². The van der Waals surface area contributed by atoms with E-state index in [1.54, 1.807) is 35.2 Å². The molecule has 2 aliphatic heterocycles. The Bertz CT molecular complexity index is 881. The highest BCUT2D eigenvalue weighted by Crippen LogP contribution is 2.30. The van der Waals surface area contributed by atoms with Crippen molar-refractivity contribution < 1.29 is 18.8 Å². The topological polar surface area (TPSA) is 91.7 Å². The van der Waals surface area contributed by atoms with Crippen LogP contribution < -0.4 is 10.6 Å². The average Bonchev–Trinajstić information content (AvgIpc) is 3.14. The molecule has 1 aromatic heterocycles. The van der Waals surface area contributed by atoms with E-state index in [0.29, 0.717) is 30.6 Å². The van der Waals surface area contributed by atoms with Gasteiger partial charge >= 0.3 is 0 Å². The van der Waals surface area contributed by atoms with Crippen molar-refractivity contribution in [2.24, 2.45) is 0 Å². The maximum absolute atomic E-state index is 12.9. The Hall–Kier alpha value is -2.61. The number of nitrogens with one attached hydrogen (secondary N) is 2. The van der Waals surface area contributed by atoms with Crippen LogP contribution in [0.2, 0.25) is 0 Å². The van der Waals surface area contributed by atoms with Crippen LogP contribution in [0, 0.1) is 0 Å². The number of piperidine rings is 1. The van der Waals surface area contributed by atoms with E-state index in [2.05, 4.69) is 26.6 Å². The number of carbonyl (C=O) groups excluding carboxylic acids is 3. The van der Waals surface area contributed by atoms with Crippen molar-refractivity contribution in [2.75, 3.05) is 11.9 Å². The third-order valence-electron chi connectivity index (χ3n) is 4.72. The van der Waals surface area contributed by atoms with Gasteiger partial charge in [-0.3, -0.25) is 14.4 Å². The molecule has 3 heterocycles. The Kier molecular flexibility index (Phi) is 4.28. The van der Waals surface area contributed by atoms with Gasteiger partial charge in [0.05, 0.1) is 17.5 Å². The van der Waals surface area contributed by atoms with E-state index in [9.17, 15) is 14.4 Å². The summed E-state index contributed by atoms with van der Waals surface area (Å²) in [7, 11) is 0. The number of anilines is 1. The zero-order valence-corrected chi connectivity index (χ0v) is 15.3. The summed E-state index contributed by atoms with van der Waals surface area (Å²) in [5.41, 5.74) is 0.974. The third kappa shape index (κ3) is 3.01. The van der Waals surface area contributed by atoms with E-state index in [-0.39, 0.29) is 29.5 Å². The molecule has 0 radical (unpaired) electrons. The van der Waals surface area contributed by atoms with E-state index < -0.39 is 6.04 Å². The number of carbonyl (C=O) groups is 3. The molecule has 2 aromatic rings. The van der Waals surface area contributed by atoms with E-state index >= 15 is 0 Å². The first-order valence-corrected chi connectivity index (χ1v) is 9.08. The SMILES string of the molecule is O=C(NC1CCN2C(=O)c3cc(Br)ccc3NC(=O)C2C1)c1ccco1. The average molecular weight is 418 g/mol. The second kappa shape index (κ2) is 6.60. The lowest BCUT2D eigenvalue weighted by Gasteiger charge is -2.37. The molecule has 2 N–H and O–H groups in total. The predicted molar refractivity (Wildman–Crippen MR) is 96.8 cm³/mol. The maximum Gasteiger partial charge on any atom is 0.287 e. The van der Waals surface area contributed by atoms with E-state index in [4.69, 9.17) is 4.42 Å².